The molecular formula is C102H113N5O19. The Kier molecular flexibility index (Phi) is 23.3. The molecule has 23 rings (SSSR count). The summed E-state index contributed by atoms with van der Waals surface area (Å²) in [4.78, 5) is 12.4. The second kappa shape index (κ2) is 34.9. The number of nitrogens with zero attached hydrogens (tertiary/aromatic N) is 5. The van der Waals surface area contributed by atoms with Gasteiger partial charge >= 0.3 is 0 Å². The van der Waals surface area contributed by atoms with Crippen LogP contribution in [0.5, 0.6) is 103 Å². The molecule has 0 bridgehead atoms. The molecule has 10 aromatic carbocycles. The van der Waals surface area contributed by atoms with Crippen molar-refractivity contribution in [2.75, 3.05) is 117 Å². The second-order valence-electron chi connectivity index (χ2n) is 35.0. The summed E-state index contributed by atoms with van der Waals surface area (Å²) in [6, 6.07) is 40.0. The van der Waals surface area contributed by atoms with Crippen molar-refractivity contribution in [1.82, 2.24) is 24.5 Å². The molecule has 0 aromatic heterocycles. The van der Waals surface area contributed by atoms with Crippen LogP contribution in [0.1, 0.15) is 165 Å². The topological polar surface area (TPSA) is 258 Å². The number of rotatable bonds is 10. The molecule has 660 valence electrons. The lowest BCUT2D eigenvalue weighted by atomic mass is 9.81. The summed E-state index contributed by atoms with van der Waals surface area (Å²) in [5.74, 6) is 11.0. The van der Waals surface area contributed by atoms with Gasteiger partial charge in [-0.25, -0.2) is 0 Å². The van der Waals surface area contributed by atoms with Gasteiger partial charge in [0.1, 0.15) is 53.8 Å². The largest absolute Gasteiger partial charge is 0.504 e. The molecule has 6 N–H and O–H groups in total. The normalized spacial score (nSPS) is 20.6. The molecular weight excluding hydrogens is 1600 g/mol. The first kappa shape index (κ1) is 83.9. The molecule has 13 aliphatic heterocycles. The van der Waals surface area contributed by atoms with Crippen LogP contribution in [0.25, 0.3) is 0 Å². The van der Waals surface area contributed by atoms with E-state index in [2.05, 4.69) is 73.9 Å². The molecule has 13 heterocycles. The number of methoxy groups -OCH3 is 9. The molecule has 126 heavy (non-hydrogen) atoms. The number of aliphatic hydroxyl groups excluding tert-OH is 1. The lowest BCUT2D eigenvalue weighted by Gasteiger charge is -2.42. The Balaban J connectivity index is 0.000000103. The zero-order valence-electron chi connectivity index (χ0n) is 73.5. The first-order valence-corrected chi connectivity index (χ1v) is 44.1. The quantitative estimate of drug-likeness (QED) is 0.0744. The number of phenols is 5. The highest BCUT2D eigenvalue weighted by Crippen LogP contribution is 2.53. The maximum absolute atomic E-state index is 10.3. The molecule has 0 amide bonds. The highest BCUT2D eigenvalue weighted by atomic mass is 16.6. The average Bonchev–Trinajstić information content (AvgIpc) is 1.47. The molecule has 24 heteroatoms. The summed E-state index contributed by atoms with van der Waals surface area (Å²) in [6.07, 6.45) is 11.8. The van der Waals surface area contributed by atoms with Crippen molar-refractivity contribution in [3.63, 3.8) is 0 Å². The predicted octanol–water partition coefficient (Wildman–Crippen LogP) is 14.8. The number of aliphatic hydroxyl groups is 1. The van der Waals surface area contributed by atoms with Gasteiger partial charge in [0.25, 0.3) is 0 Å². The van der Waals surface area contributed by atoms with Gasteiger partial charge < -0.3 is 92.2 Å². The van der Waals surface area contributed by atoms with Crippen molar-refractivity contribution in [2.24, 2.45) is 0 Å². The van der Waals surface area contributed by atoms with E-state index in [1.807, 2.05) is 54.6 Å². The van der Waals surface area contributed by atoms with E-state index < -0.39 is 0 Å². The number of phenolic OH excluding ortho intramolecular Hbond substituents is 5. The Bertz CT molecular complexity index is 5870. The summed E-state index contributed by atoms with van der Waals surface area (Å²) in [5, 5.41) is 60.7. The molecule has 0 saturated carbocycles. The maximum Gasteiger partial charge on any atom is 0.165 e. The monoisotopic (exact) mass is 1710 g/mol. The van der Waals surface area contributed by atoms with Gasteiger partial charge in [0.15, 0.2) is 69.0 Å². The number of ether oxygens (including phenoxy) is 13. The minimum absolute atomic E-state index is 0.0804. The van der Waals surface area contributed by atoms with Gasteiger partial charge in [-0.05, 0) is 239 Å². The van der Waals surface area contributed by atoms with Crippen molar-refractivity contribution in [3.8, 4) is 103 Å². The standard InChI is InChI=1S/C21H25NO5.C21H23NO3.C20H21NO4.C20H23NO4.C20H21NO3/c1-25-19-9-20(26-2)16(11-23)14-7-17-13-8-18(24)21(27-3)6-12(13)4-5-22(17)10-15(14)19;1-12-7-15-8-14-5-6-22-11-17-13(3-4-19(23)21(17)24-2)9-18(22)16(14)10-20(15)25-12;1-23-20-15-11-21-5-4-13-9-18-19(25-7-6-24-18)10-14(13)16(21)8-12(15)2-3-17(20)22;1-23-14-6-13-7-17-15-10-18(22)20(25-3)8-12(15)4-5-21(17)11-16(13)19(9-14)24-2;1-23-20-16-11-21-6-4-13-8-14-5-7-24-19(14)10-15(13)17(21)9-12(16)2-3-18(20)22/h6,8-9,17,23-24H,4-5,7,10-11H2,1-3H3;3-4,8,10,12,18,23H,5-7,9,11H2,1-2H3;2-3,9-10,16,22H,4-8,11H2,1H3;6,8-10,17,22H,4-5,7,11H2,1-3H3;2-3,8,10,17,22H,4-7,9,11H2,1H3/t17-;12?,18-;16-;2*17-/m00000/s1. The molecule has 24 nitrogen and oxygen atoms in total. The third-order valence-corrected chi connectivity index (χ3v) is 28.5. The summed E-state index contributed by atoms with van der Waals surface area (Å²) >= 11 is 0. The van der Waals surface area contributed by atoms with E-state index in [4.69, 9.17) is 61.6 Å². The number of fused-ring (bicyclic) bond motifs is 23. The number of hydrogen-bond acceptors (Lipinski definition) is 24. The van der Waals surface area contributed by atoms with Crippen LogP contribution in [-0.2, 0) is 116 Å². The molecule has 13 aliphatic rings. The summed E-state index contributed by atoms with van der Waals surface area (Å²) in [7, 11) is 14.7. The van der Waals surface area contributed by atoms with Crippen LogP contribution < -0.4 is 61.6 Å². The zero-order valence-corrected chi connectivity index (χ0v) is 73.5. The molecule has 10 aromatic rings. The van der Waals surface area contributed by atoms with Crippen LogP contribution in [0, 0.1) is 0 Å². The maximum atomic E-state index is 10.3. The van der Waals surface area contributed by atoms with Gasteiger partial charge in [0.2, 0.25) is 0 Å². The molecule has 0 saturated heterocycles. The number of aromatic hydroxyl groups is 5. The SMILES string of the molecule is COc1c(O)ccc2c1CN1CCc3cc4c(cc3[C@@H]1C2)OC(C)C4.COc1c(O)ccc2c1CN1CCc3cc4c(cc3[C@@H]1C2)OCC4.COc1c(O)ccc2c1CN1CCc3cc4c(cc3[C@@H]1C2)OCCO4.COc1cc2c(c(OC)c1)CN1CCc3cc(OC)c(O)cc3[C@@H]1C2.COc1cc2c(cc1O)[C@@H]1Cc3c(CO)c(OC)cc(OC)c3CN1CC2. The highest BCUT2D eigenvalue weighted by Gasteiger charge is 2.43. The van der Waals surface area contributed by atoms with Gasteiger partial charge in [0.05, 0.1) is 77.2 Å². The van der Waals surface area contributed by atoms with Crippen LogP contribution in [0.4, 0.5) is 0 Å². The lowest BCUT2D eigenvalue weighted by Crippen LogP contribution is -2.40. The fourth-order valence-electron chi connectivity index (χ4n) is 22.3. The third kappa shape index (κ3) is 15.3. The minimum Gasteiger partial charge on any atom is -0.504 e. The van der Waals surface area contributed by atoms with Gasteiger partial charge in [-0.15, -0.1) is 0 Å². The molecule has 0 aliphatic carbocycles. The van der Waals surface area contributed by atoms with Crippen molar-refractivity contribution >= 4 is 0 Å². The van der Waals surface area contributed by atoms with E-state index in [1.165, 1.54) is 89.0 Å². The summed E-state index contributed by atoms with van der Waals surface area (Å²) in [6.45, 7) is 13.1. The summed E-state index contributed by atoms with van der Waals surface area (Å²) < 4.78 is 72.4. The van der Waals surface area contributed by atoms with Crippen LogP contribution in [0.3, 0.4) is 0 Å². The molecule has 0 radical (unpaired) electrons. The highest BCUT2D eigenvalue weighted by molar-refractivity contribution is 5.62. The van der Waals surface area contributed by atoms with E-state index in [0.29, 0.717) is 65.8 Å². The molecule has 0 fully saturated rings. The molecule has 0 spiro atoms. The fraction of sp³-hybridized carbons (Fsp3) is 0.412. The van der Waals surface area contributed by atoms with Crippen LogP contribution in [0.2, 0.25) is 0 Å². The van der Waals surface area contributed by atoms with Gasteiger partial charge in [0, 0.05) is 154 Å². The Hall–Kier alpha value is -11.6. The molecule has 1 unspecified atom stereocenters. The summed E-state index contributed by atoms with van der Waals surface area (Å²) in [5.41, 5.74) is 28.7. The van der Waals surface area contributed by atoms with Gasteiger partial charge in [-0.1, -0.05) is 30.3 Å². The Morgan fingerprint density at radius 1 is 0.294 bits per heavy atom. The number of benzene rings is 10. The van der Waals surface area contributed by atoms with Crippen LogP contribution >= 0.6 is 0 Å². The molecule has 6 atom stereocenters. The van der Waals surface area contributed by atoms with Crippen LogP contribution in [-0.4, -0.2) is 178 Å². The first-order valence-electron chi connectivity index (χ1n) is 44.1. The van der Waals surface area contributed by atoms with Crippen LogP contribution in [0.15, 0.2) is 115 Å². The van der Waals surface area contributed by atoms with Crippen molar-refractivity contribution in [2.45, 2.75) is 160 Å². The Labute approximate surface area is 735 Å². The minimum atomic E-state index is -0.0804. The number of hydrogen-bond donors (Lipinski definition) is 6. The van der Waals surface area contributed by atoms with E-state index >= 15 is 0 Å². The van der Waals surface area contributed by atoms with E-state index in [1.54, 1.807) is 82.2 Å². The second-order valence-corrected chi connectivity index (χ2v) is 35.0. The Morgan fingerprint density at radius 3 is 1.14 bits per heavy atom. The van der Waals surface area contributed by atoms with E-state index in [-0.39, 0.29) is 53.5 Å². The zero-order chi connectivity index (χ0) is 87.0. The van der Waals surface area contributed by atoms with Crippen molar-refractivity contribution < 1.29 is 92.2 Å². The van der Waals surface area contributed by atoms with Crippen molar-refractivity contribution in [3.05, 3.63) is 243 Å². The average molecular weight is 1710 g/mol. The fourth-order valence-corrected chi connectivity index (χ4v) is 22.3. The Morgan fingerprint density at radius 2 is 0.683 bits per heavy atom. The smallest absolute Gasteiger partial charge is 0.165 e. The van der Waals surface area contributed by atoms with Gasteiger partial charge in [-0.3, -0.25) is 24.5 Å². The predicted molar refractivity (Wildman–Crippen MR) is 474 cm³/mol. The lowest BCUT2D eigenvalue weighted by molar-refractivity contribution is 0.151. The van der Waals surface area contributed by atoms with E-state index in [9.17, 15) is 30.6 Å². The third-order valence-electron chi connectivity index (χ3n) is 28.5. The van der Waals surface area contributed by atoms with Gasteiger partial charge in [-0.2, -0.15) is 0 Å². The van der Waals surface area contributed by atoms with E-state index in [0.717, 1.165) is 228 Å². The van der Waals surface area contributed by atoms with Crippen molar-refractivity contribution in [1.29, 1.82) is 0 Å². The first-order chi connectivity index (χ1) is 61.4.